The van der Waals surface area contributed by atoms with E-state index < -0.39 is 0 Å². The minimum absolute atomic E-state index is 0.342. The maximum atomic E-state index is 9.38. The number of aromatic hydroxyl groups is 1. The summed E-state index contributed by atoms with van der Waals surface area (Å²) in [6.45, 7) is 0. The molecule has 1 aliphatic rings. The first-order valence-corrected chi connectivity index (χ1v) is 7.59. The van der Waals surface area contributed by atoms with Crippen LogP contribution in [0.3, 0.4) is 0 Å². The van der Waals surface area contributed by atoms with Gasteiger partial charge in [-0.15, -0.1) is 11.3 Å². The Kier molecular flexibility index (Phi) is 3.37. The molecule has 1 nitrogen and oxygen atoms in total. The molecule has 0 spiro atoms. The van der Waals surface area contributed by atoms with Gasteiger partial charge < -0.3 is 5.11 Å². The Morgan fingerprint density at radius 3 is 2.39 bits per heavy atom. The predicted molar refractivity (Wildman–Crippen MR) is 77.2 cm³/mol. The van der Waals surface area contributed by atoms with Crippen molar-refractivity contribution in [3.05, 3.63) is 41.3 Å². The fourth-order valence-electron chi connectivity index (χ4n) is 2.90. The van der Waals surface area contributed by atoms with Crippen LogP contribution < -0.4 is 0 Å². The minimum Gasteiger partial charge on any atom is -0.508 e. The fourth-order valence-corrected chi connectivity index (χ4v) is 3.90. The standard InChI is InChI=1S/C16H18OS/c17-14-8-6-13(7-9-14)16-15(10-11-18-16)12-4-2-1-3-5-12/h6-12,17H,1-5H2. The van der Waals surface area contributed by atoms with Crippen molar-refractivity contribution in [2.24, 2.45) is 0 Å². The van der Waals surface area contributed by atoms with Crippen molar-refractivity contribution in [1.82, 2.24) is 0 Å². The Balaban J connectivity index is 1.93. The molecule has 2 heteroatoms. The maximum absolute atomic E-state index is 9.38. The molecule has 1 saturated carbocycles. The zero-order chi connectivity index (χ0) is 12.4. The van der Waals surface area contributed by atoms with Gasteiger partial charge in [-0.25, -0.2) is 0 Å². The first-order chi connectivity index (χ1) is 8.84. The van der Waals surface area contributed by atoms with E-state index in [-0.39, 0.29) is 0 Å². The van der Waals surface area contributed by atoms with E-state index in [1.54, 1.807) is 12.1 Å². The van der Waals surface area contributed by atoms with Gasteiger partial charge in [-0.05, 0) is 65.6 Å². The largest absolute Gasteiger partial charge is 0.508 e. The number of thiophene rings is 1. The van der Waals surface area contributed by atoms with Crippen molar-refractivity contribution in [2.75, 3.05) is 0 Å². The number of benzene rings is 1. The highest BCUT2D eigenvalue weighted by Gasteiger charge is 2.19. The summed E-state index contributed by atoms with van der Waals surface area (Å²) in [6, 6.07) is 9.89. The van der Waals surface area contributed by atoms with E-state index >= 15 is 0 Å². The number of phenols is 1. The van der Waals surface area contributed by atoms with E-state index in [2.05, 4.69) is 11.4 Å². The highest BCUT2D eigenvalue weighted by molar-refractivity contribution is 7.13. The normalized spacial score (nSPS) is 16.9. The first kappa shape index (κ1) is 11.8. The van der Waals surface area contributed by atoms with Crippen molar-refractivity contribution in [3.63, 3.8) is 0 Å². The molecule has 94 valence electrons. The lowest BCUT2D eigenvalue weighted by Crippen LogP contribution is -2.04. The van der Waals surface area contributed by atoms with Crippen molar-refractivity contribution < 1.29 is 5.11 Å². The molecule has 0 atom stereocenters. The molecule has 1 aromatic heterocycles. The van der Waals surface area contributed by atoms with Crippen LogP contribution in [0.25, 0.3) is 10.4 Å². The summed E-state index contributed by atoms with van der Waals surface area (Å²) >= 11 is 1.82. The Hall–Kier alpha value is -1.28. The lowest BCUT2D eigenvalue weighted by molar-refractivity contribution is 0.445. The summed E-state index contributed by atoms with van der Waals surface area (Å²) in [7, 11) is 0. The highest BCUT2D eigenvalue weighted by Crippen LogP contribution is 2.41. The van der Waals surface area contributed by atoms with Gasteiger partial charge in [0.05, 0.1) is 0 Å². The monoisotopic (exact) mass is 258 g/mol. The average molecular weight is 258 g/mol. The number of phenolic OH excluding ortho intramolecular Hbond substituents is 1. The molecule has 1 fully saturated rings. The third-order valence-electron chi connectivity index (χ3n) is 3.87. The van der Waals surface area contributed by atoms with Gasteiger partial charge in [-0.3, -0.25) is 0 Å². The van der Waals surface area contributed by atoms with Gasteiger partial charge >= 0.3 is 0 Å². The van der Waals surface area contributed by atoms with Crippen LogP contribution in [0, 0.1) is 0 Å². The zero-order valence-electron chi connectivity index (χ0n) is 10.4. The molecular formula is C16H18OS. The lowest BCUT2D eigenvalue weighted by Gasteiger charge is -2.22. The molecular weight excluding hydrogens is 240 g/mol. The van der Waals surface area contributed by atoms with Gasteiger partial charge in [-0.1, -0.05) is 19.3 Å². The summed E-state index contributed by atoms with van der Waals surface area (Å²) in [6.07, 6.45) is 6.81. The van der Waals surface area contributed by atoms with Gasteiger partial charge in [0.15, 0.2) is 0 Å². The van der Waals surface area contributed by atoms with Gasteiger partial charge in [0.1, 0.15) is 5.75 Å². The second-order valence-electron chi connectivity index (χ2n) is 5.09. The molecule has 1 aliphatic carbocycles. The van der Waals surface area contributed by atoms with Crippen LogP contribution in [0.1, 0.15) is 43.6 Å². The van der Waals surface area contributed by atoms with Crippen molar-refractivity contribution in [1.29, 1.82) is 0 Å². The van der Waals surface area contributed by atoms with Crippen LogP contribution in [-0.4, -0.2) is 5.11 Å². The second kappa shape index (κ2) is 5.15. The topological polar surface area (TPSA) is 20.2 Å². The van der Waals surface area contributed by atoms with Crippen molar-refractivity contribution in [2.45, 2.75) is 38.0 Å². The molecule has 0 aliphatic heterocycles. The van der Waals surface area contributed by atoms with E-state index in [1.807, 2.05) is 23.5 Å². The summed E-state index contributed by atoms with van der Waals surface area (Å²) < 4.78 is 0. The third-order valence-corrected chi connectivity index (χ3v) is 4.85. The molecule has 0 saturated heterocycles. The number of rotatable bonds is 2. The van der Waals surface area contributed by atoms with E-state index in [4.69, 9.17) is 0 Å². The fraction of sp³-hybridized carbons (Fsp3) is 0.375. The average Bonchev–Trinajstić information content (AvgIpc) is 2.90. The van der Waals surface area contributed by atoms with Crippen LogP contribution in [0.2, 0.25) is 0 Å². The molecule has 0 radical (unpaired) electrons. The molecule has 1 N–H and O–H groups in total. The van der Waals surface area contributed by atoms with E-state index in [1.165, 1.54) is 48.1 Å². The maximum Gasteiger partial charge on any atom is 0.115 e. The van der Waals surface area contributed by atoms with Crippen molar-refractivity contribution >= 4 is 11.3 Å². The number of hydrogen-bond donors (Lipinski definition) is 1. The predicted octanol–water partition coefficient (Wildman–Crippen LogP) is 5.17. The summed E-state index contributed by atoms with van der Waals surface area (Å²) in [5.41, 5.74) is 2.76. The van der Waals surface area contributed by atoms with Crippen molar-refractivity contribution in [3.8, 4) is 16.2 Å². The molecule has 1 aromatic carbocycles. The Morgan fingerprint density at radius 2 is 1.67 bits per heavy atom. The van der Waals surface area contributed by atoms with Gasteiger partial charge in [0.2, 0.25) is 0 Å². The second-order valence-corrected chi connectivity index (χ2v) is 6.00. The van der Waals surface area contributed by atoms with Crippen LogP contribution in [-0.2, 0) is 0 Å². The molecule has 0 unspecified atom stereocenters. The molecule has 2 aromatic rings. The molecule has 0 amide bonds. The molecule has 18 heavy (non-hydrogen) atoms. The Morgan fingerprint density at radius 1 is 0.944 bits per heavy atom. The number of hydrogen-bond acceptors (Lipinski definition) is 2. The summed E-state index contributed by atoms with van der Waals surface area (Å²) in [5, 5.41) is 11.6. The quantitative estimate of drug-likeness (QED) is 0.788. The SMILES string of the molecule is Oc1ccc(-c2sccc2C2CCCCC2)cc1. The Labute approximate surface area is 112 Å². The van der Waals surface area contributed by atoms with E-state index in [0.717, 1.165) is 5.92 Å². The van der Waals surface area contributed by atoms with Crippen LogP contribution in [0.15, 0.2) is 35.7 Å². The molecule has 1 heterocycles. The third kappa shape index (κ3) is 2.30. The van der Waals surface area contributed by atoms with Crippen LogP contribution in [0.5, 0.6) is 5.75 Å². The minimum atomic E-state index is 0.342. The highest BCUT2D eigenvalue weighted by atomic mass is 32.1. The van der Waals surface area contributed by atoms with Gasteiger partial charge in [0.25, 0.3) is 0 Å². The first-order valence-electron chi connectivity index (χ1n) is 6.71. The van der Waals surface area contributed by atoms with Crippen LogP contribution >= 0.6 is 11.3 Å². The van der Waals surface area contributed by atoms with E-state index in [0.29, 0.717) is 5.75 Å². The summed E-state index contributed by atoms with van der Waals surface area (Å²) in [5.74, 6) is 1.09. The molecule has 3 rings (SSSR count). The zero-order valence-corrected chi connectivity index (χ0v) is 11.2. The van der Waals surface area contributed by atoms with Crippen LogP contribution in [0.4, 0.5) is 0 Å². The van der Waals surface area contributed by atoms with Gasteiger partial charge in [-0.2, -0.15) is 0 Å². The smallest absolute Gasteiger partial charge is 0.115 e. The van der Waals surface area contributed by atoms with Gasteiger partial charge in [0, 0.05) is 4.88 Å². The Bertz CT molecular complexity index is 506. The summed E-state index contributed by atoms with van der Waals surface area (Å²) in [4.78, 5) is 1.39. The molecule has 0 bridgehead atoms. The van der Waals surface area contributed by atoms with E-state index in [9.17, 15) is 5.11 Å². The lowest BCUT2D eigenvalue weighted by atomic mass is 9.83.